The largest absolute Gasteiger partial charge is 0.490 e. The van der Waals surface area contributed by atoms with Crippen LogP contribution in [-0.2, 0) is 4.79 Å². The molecule has 2 aromatic carbocycles. The van der Waals surface area contributed by atoms with Gasteiger partial charge in [-0.05, 0) is 37.3 Å². The van der Waals surface area contributed by atoms with Gasteiger partial charge in [0.2, 0.25) is 12.7 Å². The molecular formula is C23H26N2O6. The van der Waals surface area contributed by atoms with Gasteiger partial charge in [0, 0.05) is 31.5 Å². The van der Waals surface area contributed by atoms with Crippen molar-refractivity contribution in [2.45, 2.75) is 25.9 Å². The monoisotopic (exact) mass is 426 g/mol. The molecule has 0 bridgehead atoms. The number of hydrogen-bond donors (Lipinski definition) is 1. The third-order valence-corrected chi connectivity index (χ3v) is 5.27. The van der Waals surface area contributed by atoms with Gasteiger partial charge in [-0.15, -0.1) is 0 Å². The number of nitrogens with one attached hydrogen (secondary N) is 1. The van der Waals surface area contributed by atoms with Gasteiger partial charge in [-0.25, -0.2) is 0 Å². The molecule has 164 valence electrons. The molecule has 0 spiro atoms. The van der Waals surface area contributed by atoms with E-state index in [1.54, 1.807) is 23.1 Å². The van der Waals surface area contributed by atoms with Gasteiger partial charge in [-0.2, -0.15) is 0 Å². The molecule has 2 aromatic rings. The third-order valence-electron chi connectivity index (χ3n) is 5.27. The Morgan fingerprint density at radius 2 is 1.81 bits per heavy atom. The first-order chi connectivity index (χ1) is 15.1. The first kappa shape index (κ1) is 20.8. The Morgan fingerprint density at radius 1 is 1.06 bits per heavy atom. The first-order valence-electron chi connectivity index (χ1n) is 10.5. The zero-order chi connectivity index (χ0) is 21.6. The molecule has 0 atom stereocenters. The molecule has 2 aliphatic heterocycles. The lowest BCUT2D eigenvalue weighted by molar-refractivity contribution is -0.131. The van der Waals surface area contributed by atoms with Crippen LogP contribution in [0.2, 0.25) is 0 Å². The van der Waals surface area contributed by atoms with Crippen molar-refractivity contribution in [3.8, 4) is 23.0 Å². The summed E-state index contributed by atoms with van der Waals surface area (Å²) in [5.41, 5.74) is 0.428. The molecule has 31 heavy (non-hydrogen) atoms. The second-order valence-electron chi connectivity index (χ2n) is 7.33. The van der Waals surface area contributed by atoms with E-state index in [0.717, 1.165) is 24.3 Å². The lowest BCUT2D eigenvalue weighted by Gasteiger charge is -2.32. The maximum absolute atomic E-state index is 12.5. The molecule has 0 aromatic heterocycles. The van der Waals surface area contributed by atoms with E-state index < -0.39 is 0 Å². The number of carbonyl (C=O) groups excluding carboxylic acids is 2. The van der Waals surface area contributed by atoms with E-state index in [1.165, 1.54) is 0 Å². The second-order valence-corrected chi connectivity index (χ2v) is 7.33. The normalized spacial score (nSPS) is 15.5. The minimum absolute atomic E-state index is 0.0221. The maximum atomic E-state index is 12.5. The first-order valence-corrected chi connectivity index (χ1v) is 10.5. The fourth-order valence-electron chi connectivity index (χ4n) is 3.63. The number of nitrogens with zero attached hydrogens (tertiary/aromatic N) is 1. The number of hydrogen-bond acceptors (Lipinski definition) is 6. The molecule has 2 aliphatic rings. The molecule has 2 heterocycles. The Balaban J connectivity index is 1.24. The summed E-state index contributed by atoms with van der Waals surface area (Å²) < 4.78 is 22.2. The molecule has 8 heteroatoms. The molecule has 0 radical (unpaired) electrons. The molecule has 2 amide bonds. The van der Waals surface area contributed by atoms with Gasteiger partial charge in [-0.3, -0.25) is 9.59 Å². The number of piperidine rings is 1. The Bertz CT molecular complexity index is 939. The second kappa shape index (κ2) is 9.59. The van der Waals surface area contributed by atoms with Crippen LogP contribution in [0.15, 0.2) is 42.5 Å². The topological polar surface area (TPSA) is 86.3 Å². The van der Waals surface area contributed by atoms with Crippen molar-refractivity contribution in [1.29, 1.82) is 0 Å². The van der Waals surface area contributed by atoms with Crippen LogP contribution in [0.3, 0.4) is 0 Å². The predicted molar refractivity (Wildman–Crippen MR) is 113 cm³/mol. The SMILES string of the molecule is CCOc1ccccc1OC1CCN(C(=O)CNC(=O)c2ccc3c(c2)OCO3)CC1. The van der Waals surface area contributed by atoms with Crippen LogP contribution >= 0.6 is 0 Å². The van der Waals surface area contributed by atoms with Crippen molar-refractivity contribution in [1.82, 2.24) is 10.2 Å². The average Bonchev–Trinajstić information content (AvgIpc) is 3.27. The van der Waals surface area contributed by atoms with Crippen LogP contribution < -0.4 is 24.3 Å². The van der Waals surface area contributed by atoms with E-state index in [0.29, 0.717) is 36.8 Å². The van der Waals surface area contributed by atoms with E-state index in [4.69, 9.17) is 18.9 Å². The van der Waals surface area contributed by atoms with E-state index in [-0.39, 0.29) is 31.3 Å². The Hall–Kier alpha value is -3.42. The molecule has 4 rings (SSSR count). The van der Waals surface area contributed by atoms with Gasteiger partial charge in [0.25, 0.3) is 5.91 Å². The molecule has 1 N–H and O–H groups in total. The number of likely N-dealkylation sites (tertiary alicyclic amines) is 1. The molecule has 0 aliphatic carbocycles. The lowest BCUT2D eigenvalue weighted by atomic mass is 10.1. The van der Waals surface area contributed by atoms with E-state index in [9.17, 15) is 9.59 Å². The van der Waals surface area contributed by atoms with Crippen molar-refractivity contribution in [3.05, 3.63) is 48.0 Å². The molecule has 1 fully saturated rings. The van der Waals surface area contributed by atoms with Gasteiger partial charge < -0.3 is 29.2 Å². The van der Waals surface area contributed by atoms with E-state index in [1.807, 2.05) is 31.2 Å². The quantitative estimate of drug-likeness (QED) is 0.733. The minimum Gasteiger partial charge on any atom is -0.490 e. The zero-order valence-corrected chi connectivity index (χ0v) is 17.5. The number of carbonyl (C=O) groups is 2. The molecule has 0 saturated carbocycles. The summed E-state index contributed by atoms with van der Waals surface area (Å²) in [4.78, 5) is 26.7. The van der Waals surface area contributed by atoms with Crippen LogP contribution in [-0.4, -0.2) is 55.9 Å². The molecule has 0 unspecified atom stereocenters. The Labute approximate surface area is 181 Å². The highest BCUT2D eigenvalue weighted by Crippen LogP contribution is 2.32. The number of amides is 2. The number of fused-ring (bicyclic) bond motifs is 1. The maximum Gasteiger partial charge on any atom is 0.251 e. The van der Waals surface area contributed by atoms with Crippen LogP contribution in [0.5, 0.6) is 23.0 Å². The fourth-order valence-corrected chi connectivity index (χ4v) is 3.63. The highest BCUT2D eigenvalue weighted by Gasteiger charge is 2.25. The predicted octanol–water partition coefficient (Wildman–Crippen LogP) is 2.61. The summed E-state index contributed by atoms with van der Waals surface area (Å²) in [7, 11) is 0. The average molecular weight is 426 g/mol. The van der Waals surface area contributed by atoms with E-state index in [2.05, 4.69) is 5.32 Å². The fraction of sp³-hybridized carbons (Fsp3) is 0.391. The Kier molecular flexibility index (Phi) is 6.45. The summed E-state index contributed by atoms with van der Waals surface area (Å²) in [5, 5.41) is 2.69. The summed E-state index contributed by atoms with van der Waals surface area (Å²) >= 11 is 0. The molecular weight excluding hydrogens is 400 g/mol. The summed E-state index contributed by atoms with van der Waals surface area (Å²) in [5.74, 6) is 2.17. The summed E-state index contributed by atoms with van der Waals surface area (Å²) in [6, 6.07) is 12.6. The number of para-hydroxylation sites is 2. The van der Waals surface area contributed by atoms with Crippen LogP contribution in [0, 0.1) is 0 Å². The highest BCUT2D eigenvalue weighted by molar-refractivity contribution is 5.97. The van der Waals surface area contributed by atoms with Gasteiger partial charge >= 0.3 is 0 Å². The lowest BCUT2D eigenvalue weighted by Crippen LogP contribution is -2.46. The highest BCUT2D eigenvalue weighted by atomic mass is 16.7. The van der Waals surface area contributed by atoms with Gasteiger partial charge in [0.15, 0.2) is 23.0 Å². The third kappa shape index (κ3) is 5.02. The zero-order valence-electron chi connectivity index (χ0n) is 17.5. The number of ether oxygens (including phenoxy) is 4. The van der Waals surface area contributed by atoms with Crippen LogP contribution in [0.25, 0.3) is 0 Å². The van der Waals surface area contributed by atoms with Gasteiger partial charge in [0.05, 0.1) is 13.2 Å². The van der Waals surface area contributed by atoms with E-state index >= 15 is 0 Å². The van der Waals surface area contributed by atoms with Crippen LogP contribution in [0.4, 0.5) is 0 Å². The number of rotatable bonds is 7. The minimum atomic E-state index is -0.322. The number of benzene rings is 2. The Morgan fingerprint density at radius 3 is 2.58 bits per heavy atom. The smallest absolute Gasteiger partial charge is 0.251 e. The van der Waals surface area contributed by atoms with Gasteiger partial charge in [-0.1, -0.05) is 12.1 Å². The molecule has 8 nitrogen and oxygen atoms in total. The summed E-state index contributed by atoms with van der Waals surface area (Å²) in [6.45, 7) is 3.78. The van der Waals surface area contributed by atoms with Crippen molar-refractivity contribution >= 4 is 11.8 Å². The van der Waals surface area contributed by atoms with Crippen molar-refractivity contribution in [2.24, 2.45) is 0 Å². The standard InChI is InChI=1S/C23H26N2O6/c1-2-28-18-5-3-4-6-20(18)31-17-9-11-25(12-10-17)22(26)14-24-23(27)16-7-8-19-21(13-16)30-15-29-19/h3-8,13,17H,2,9-12,14-15H2,1H3,(H,24,27). The summed E-state index contributed by atoms with van der Waals surface area (Å²) in [6.07, 6.45) is 1.47. The van der Waals surface area contributed by atoms with Crippen molar-refractivity contribution < 1.29 is 28.5 Å². The van der Waals surface area contributed by atoms with Crippen LogP contribution in [0.1, 0.15) is 30.1 Å². The van der Waals surface area contributed by atoms with Gasteiger partial charge in [0.1, 0.15) is 6.10 Å². The van der Waals surface area contributed by atoms with Crippen molar-refractivity contribution in [2.75, 3.05) is 33.0 Å². The van der Waals surface area contributed by atoms with Crippen molar-refractivity contribution in [3.63, 3.8) is 0 Å². The molecule has 1 saturated heterocycles.